The Morgan fingerprint density at radius 1 is 1.32 bits per heavy atom. The summed E-state index contributed by atoms with van der Waals surface area (Å²) in [7, 11) is -2.07. The van der Waals surface area contributed by atoms with Gasteiger partial charge in [0, 0.05) is 19.8 Å². The molecule has 2 N–H and O–H groups in total. The Morgan fingerprint density at radius 2 is 1.89 bits per heavy atom. The van der Waals surface area contributed by atoms with E-state index >= 15 is 0 Å². The van der Waals surface area contributed by atoms with Crippen LogP contribution in [0.25, 0.3) is 0 Å². The molecule has 0 spiro atoms. The molecule has 8 heteroatoms. The highest BCUT2D eigenvalue weighted by Crippen LogP contribution is 2.30. The first kappa shape index (κ1) is 15.6. The summed E-state index contributed by atoms with van der Waals surface area (Å²) in [6.45, 7) is -0.291. The summed E-state index contributed by atoms with van der Waals surface area (Å²) in [6, 6.07) is 4.26. The summed E-state index contributed by atoms with van der Waals surface area (Å²) < 4.78 is 59.4. The molecule has 0 aliphatic heterocycles. The van der Waals surface area contributed by atoms with Crippen molar-refractivity contribution in [2.24, 2.45) is 0 Å². The molecule has 0 atom stereocenters. The second-order valence-electron chi connectivity index (χ2n) is 4.25. The van der Waals surface area contributed by atoms with Gasteiger partial charge in [0.2, 0.25) is 0 Å². The first-order valence-electron chi connectivity index (χ1n) is 5.39. The third kappa shape index (κ3) is 4.30. The summed E-state index contributed by atoms with van der Waals surface area (Å²) in [5.41, 5.74) is 5.95. The molecule has 0 bridgehead atoms. The van der Waals surface area contributed by atoms with Gasteiger partial charge in [0.25, 0.3) is 0 Å². The largest absolute Gasteiger partial charge is 0.396 e. The van der Waals surface area contributed by atoms with Crippen LogP contribution >= 0.6 is 0 Å². The van der Waals surface area contributed by atoms with E-state index in [1.807, 2.05) is 0 Å². The van der Waals surface area contributed by atoms with E-state index in [4.69, 9.17) is 5.73 Å². The van der Waals surface area contributed by atoms with Crippen LogP contribution in [0.1, 0.15) is 6.42 Å². The van der Waals surface area contributed by atoms with Crippen molar-refractivity contribution in [2.45, 2.75) is 17.5 Å². The fourth-order valence-electron chi connectivity index (χ4n) is 1.60. The lowest BCUT2D eigenvalue weighted by Crippen LogP contribution is -2.25. The van der Waals surface area contributed by atoms with Gasteiger partial charge < -0.3 is 10.6 Å². The van der Waals surface area contributed by atoms with Crippen molar-refractivity contribution >= 4 is 21.2 Å². The van der Waals surface area contributed by atoms with Crippen molar-refractivity contribution in [3.05, 3.63) is 18.2 Å². The minimum Gasteiger partial charge on any atom is -0.396 e. The van der Waals surface area contributed by atoms with Crippen molar-refractivity contribution in [3.63, 3.8) is 0 Å². The van der Waals surface area contributed by atoms with E-state index in [9.17, 15) is 21.6 Å². The molecular formula is C11H15F3N2O2S. The van der Waals surface area contributed by atoms with Crippen molar-refractivity contribution in [3.8, 4) is 0 Å². The van der Waals surface area contributed by atoms with E-state index in [-0.39, 0.29) is 22.8 Å². The zero-order valence-corrected chi connectivity index (χ0v) is 11.3. The van der Waals surface area contributed by atoms with Gasteiger partial charge >= 0.3 is 6.18 Å². The van der Waals surface area contributed by atoms with Crippen LogP contribution < -0.4 is 10.6 Å². The van der Waals surface area contributed by atoms with E-state index in [0.29, 0.717) is 0 Å². The van der Waals surface area contributed by atoms with E-state index in [2.05, 4.69) is 0 Å². The molecule has 0 saturated carbocycles. The first-order valence-corrected chi connectivity index (χ1v) is 7.28. The maximum atomic E-state index is 12.1. The normalized spacial score (nSPS) is 12.5. The Bertz CT molecular complexity index is 556. The molecular weight excluding hydrogens is 281 g/mol. The van der Waals surface area contributed by atoms with Gasteiger partial charge in [0.1, 0.15) is 0 Å². The van der Waals surface area contributed by atoms with Gasteiger partial charge in [-0.05, 0) is 12.1 Å². The van der Waals surface area contributed by atoms with Gasteiger partial charge in [0.15, 0.2) is 9.84 Å². The second-order valence-corrected chi connectivity index (χ2v) is 6.23. The second kappa shape index (κ2) is 5.28. The summed E-state index contributed by atoms with van der Waals surface area (Å²) in [5, 5.41) is 0. The van der Waals surface area contributed by atoms with Gasteiger partial charge in [-0.3, -0.25) is 0 Å². The van der Waals surface area contributed by atoms with Crippen molar-refractivity contribution in [1.82, 2.24) is 0 Å². The number of nitrogen functional groups attached to an aromatic ring is 1. The van der Waals surface area contributed by atoms with E-state index < -0.39 is 22.4 Å². The Kier molecular flexibility index (Phi) is 4.34. The molecule has 1 rings (SSSR count). The van der Waals surface area contributed by atoms with Gasteiger partial charge in [0.05, 0.1) is 22.7 Å². The van der Waals surface area contributed by atoms with Crippen LogP contribution in [0.2, 0.25) is 0 Å². The molecule has 0 fully saturated rings. The number of benzene rings is 1. The minimum absolute atomic E-state index is 0.0327. The van der Waals surface area contributed by atoms with Gasteiger partial charge in [-0.1, -0.05) is 6.07 Å². The number of nitrogens with two attached hydrogens (primary N) is 1. The van der Waals surface area contributed by atoms with Crippen molar-refractivity contribution in [1.29, 1.82) is 0 Å². The summed E-state index contributed by atoms with van der Waals surface area (Å²) >= 11 is 0. The molecule has 0 aliphatic rings. The number of hydrogen-bond donors (Lipinski definition) is 1. The molecule has 1 aromatic rings. The Morgan fingerprint density at radius 3 is 2.37 bits per heavy atom. The lowest BCUT2D eigenvalue weighted by Gasteiger charge is -2.22. The lowest BCUT2D eigenvalue weighted by molar-refractivity contribution is -0.132. The lowest BCUT2D eigenvalue weighted by atomic mass is 10.2. The molecule has 19 heavy (non-hydrogen) atoms. The highest BCUT2D eigenvalue weighted by molar-refractivity contribution is 7.90. The van der Waals surface area contributed by atoms with E-state index in [1.165, 1.54) is 30.1 Å². The smallest absolute Gasteiger partial charge is 0.390 e. The Labute approximate surface area is 109 Å². The molecule has 4 nitrogen and oxygen atoms in total. The molecule has 1 aromatic carbocycles. The van der Waals surface area contributed by atoms with Crippen LogP contribution in [0.5, 0.6) is 0 Å². The fraction of sp³-hybridized carbons (Fsp3) is 0.455. The zero-order chi connectivity index (χ0) is 14.8. The monoisotopic (exact) mass is 296 g/mol. The van der Waals surface area contributed by atoms with E-state index in [0.717, 1.165) is 6.26 Å². The van der Waals surface area contributed by atoms with Crippen LogP contribution in [-0.2, 0) is 9.84 Å². The number of nitrogens with zero attached hydrogens (tertiary/aromatic N) is 1. The number of alkyl halides is 3. The number of rotatable bonds is 4. The Hall–Kier alpha value is -1.44. The molecule has 0 heterocycles. The molecule has 0 aliphatic carbocycles. The highest BCUT2D eigenvalue weighted by Gasteiger charge is 2.27. The first-order chi connectivity index (χ1) is 8.52. The standard InChI is InChI=1S/C11H15F3N2O2S/c1-16(7-6-11(12,13)14)8-4-3-5-9(10(8)15)19(2,17)18/h3-5H,6-7,15H2,1-2H3. The number of halogens is 3. The van der Waals surface area contributed by atoms with Gasteiger partial charge in [-0.2, -0.15) is 13.2 Å². The molecule has 0 aromatic heterocycles. The van der Waals surface area contributed by atoms with Crippen LogP contribution in [0.4, 0.5) is 24.5 Å². The maximum absolute atomic E-state index is 12.1. The minimum atomic E-state index is -4.27. The van der Waals surface area contributed by atoms with Crippen molar-refractivity contribution in [2.75, 3.05) is 30.5 Å². The van der Waals surface area contributed by atoms with Crippen LogP contribution in [0.3, 0.4) is 0 Å². The summed E-state index contributed by atoms with van der Waals surface area (Å²) in [4.78, 5) is 1.21. The molecule has 0 saturated heterocycles. The van der Waals surface area contributed by atoms with Gasteiger partial charge in [-0.15, -0.1) is 0 Å². The third-order valence-electron chi connectivity index (χ3n) is 2.58. The molecule has 0 unspecified atom stereocenters. The SMILES string of the molecule is CN(CCC(F)(F)F)c1cccc(S(C)(=O)=O)c1N. The predicted molar refractivity (Wildman–Crippen MR) is 67.9 cm³/mol. The molecule has 0 amide bonds. The predicted octanol–water partition coefficient (Wildman–Crippen LogP) is 2.06. The third-order valence-corrected chi connectivity index (χ3v) is 3.74. The van der Waals surface area contributed by atoms with E-state index in [1.54, 1.807) is 0 Å². The van der Waals surface area contributed by atoms with Crippen LogP contribution in [-0.4, -0.2) is 34.4 Å². The van der Waals surface area contributed by atoms with Gasteiger partial charge in [-0.25, -0.2) is 8.42 Å². The van der Waals surface area contributed by atoms with Crippen molar-refractivity contribution < 1.29 is 21.6 Å². The number of sulfone groups is 1. The van der Waals surface area contributed by atoms with Crippen LogP contribution in [0, 0.1) is 0 Å². The number of anilines is 2. The average Bonchev–Trinajstić information content (AvgIpc) is 2.23. The van der Waals surface area contributed by atoms with Crippen LogP contribution in [0.15, 0.2) is 23.1 Å². The highest BCUT2D eigenvalue weighted by atomic mass is 32.2. The number of para-hydroxylation sites is 1. The quantitative estimate of drug-likeness (QED) is 0.864. The zero-order valence-electron chi connectivity index (χ0n) is 10.5. The number of hydrogen-bond acceptors (Lipinski definition) is 4. The molecule has 0 radical (unpaired) electrons. The summed E-state index contributed by atoms with van der Waals surface area (Å²) in [5.74, 6) is 0. The average molecular weight is 296 g/mol. The topological polar surface area (TPSA) is 63.4 Å². The fourth-order valence-corrected chi connectivity index (χ4v) is 2.43. The summed E-state index contributed by atoms with van der Waals surface area (Å²) in [6.07, 6.45) is -4.26. The Balaban J connectivity index is 3.02. The molecule has 108 valence electrons. The maximum Gasteiger partial charge on any atom is 0.390 e.